The molecular weight excluding hydrogens is 274 g/mol. The lowest BCUT2D eigenvalue weighted by Crippen LogP contribution is -1.91. The highest BCUT2D eigenvalue weighted by atomic mass is 16.5. The van der Waals surface area contributed by atoms with E-state index in [1.165, 1.54) is 0 Å². The Morgan fingerprint density at radius 2 is 1.55 bits per heavy atom. The molecule has 0 atom stereocenters. The highest BCUT2D eigenvalue weighted by molar-refractivity contribution is 5.83. The molecule has 0 spiro atoms. The van der Waals surface area contributed by atoms with Crippen LogP contribution in [0.2, 0.25) is 0 Å². The Bertz CT molecular complexity index is 769. The van der Waals surface area contributed by atoms with Crippen LogP contribution in [0.5, 0.6) is 11.5 Å². The minimum Gasteiger partial charge on any atom is -0.497 e. The molecule has 2 aromatic carbocycles. The Labute approximate surface area is 130 Å². The fraction of sp³-hybridized carbons (Fsp3) is 0.105. The van der Waals surface area contributed by atoms with Crippen molar-refractivity contribution in [2.75, 3.05) is 14.2 Å². The molecule has 1 aromatic heterocycles. The van der Waals surface area contributed by atoms with Crippen molar-refractivity contribution in [1.29, 1.82) is 0 Å². The van der Waals surface area contributed by atoms with E-state index in [2.05, 4.69) is 11.1 Å². The van der Waals surface area contributed by atoms with Gasteiger partial charge in [0.1, 0.15) is 11.5 Å². The standard InChI is InChI=1S/C19H17NO2/c1-21-15-7-5-6-14(12-15)18-13-16(22-2)9-10-17(18)19-8-3-4-11-20-19/h3-13H,1-2H3. The number of nitrogens with zero attached hydrogens (tertiary/aromatic N) is 1. The van der Waals surface area contributed by atoms with Crippen molar-refractivity contribution in [1.82, 2.24) is 4.98 Å². The summed E-state index contributed by atoms with van der Waals surface area (Å²) in [7, 11) is 3.34. The van der Waals surface area contributed by atoms with Crippen LogP contribution in [0.1, 0.15) is 0 Å². The Morgan fingerprint density at radius 1 is 0.727 bits per heavy atom. The van der Waals surface area contributed by atoms with Crippen molar-refractivity contribution in [3.63, 3.8) is 0 Å². The van der Waals surface area contributed by atoms with Gasteiger partial charge < -0.3 is 9.47 Å². The number of aromatic nitrogens is 1. The maximum absolute atomic E-state index is 5.37. The van der Waals surface area contributed by atoms with Crippen LogP contribution in [0.3, 0.4) is 0 Å². The highest BCUT2D eigenvalue weighted by Gasteiger charge is 2.10. The number of ether oxygens (including phenoxy) is 2. The molecule has 0 radical (unpaired) electrons. The molecule has 3 heteroatoms. The third-order valence-corrected chi connectivity index (χ3v) is 3.55. The topological polar surface area (TPSA) is 31.4 Å². The van der Waals surface area contributed by atoms with Crippen LogP contribution in [-0.4, -0.2) is 19.2 Å². The minimum atomic E-state index is 0.817. The first-order valence-electron chi connectivity index (χ1n) is 7.05. The second-order valence-corrected chi connectivity index (χ2v) is 4.86. The van der Waals surface area contributed by atoms with Crippen molar-refractivity contribution in [3.8, 4) is 33.9 Å². The summed E-state index contributed by atoms with van der Waals surface area (Å²) in [5, 5.41) is 0. The summed E-state index contributed by atoms with van der Waals surface area (Å²) in [5.74, 6) is 1.64. The summed E-state index contributed by atoms with van der Waals surface area (Å²) < 4.78 is 10.7. The Hall–Kier alpha value is -2.81. The molecule has 0 fully saturated rings. The summed E-state index contributed by atoms with van der Waals surface area (Å²) in [6.07, 6.45) is 1.80. The lowest BCUT2D eigenvalue weighted by molar-refractivity contribution is 0.414. The molecule has 110 valence electrons. The smallest absolute Gasteiger partial charge is 0.119 e. The van der Waals surface area contributed by atoms with E-state index in [0.717, 1.165) is 33.9 Å². The van der Waals surface area contributed by atoms with Gasteiger partial charge in [-0.1, -0.05) is 18.2 Å². The largest absolute Gasteiger partial charge is 0.497 e. The second-order valence-electron chi connectivity index (χ2n) is 4.86. The number of hydrogen-bond acceptors (Lipinski definition) is 3. The average Bonchev–Trinajstić information content (AvgIpc) is 2.62. The number of hydrogen-bond donors (Lipinski definition) is 0. The predicted molar refractivity (Wildman–Crippen MR) is 88.2 cm³/mol. The molecule has 3 rings (SSSR count). The molecule has 1 heterocycles. The lowest BCUT2D eigenvalue weighted by atomic mass is 9.96. The van der Waals surface area contributed by atoms with Gasteiger partial charge in [-0.3, -0.25) is 4.98 Å². The minimum absolute atomic E-state index is 0.817. The monoisotopic (exact) mass is 291 g/mol. The van der Waals surface area contributed by atoms with E-state index >= 15 is 0 Å². The summed E-state index contributed by atoms with van der Waals surface area (Å²) >= 11 is 0. The summed E-state index contributed by atoms with van der Waals surface area (Å²) in [6.45, 7) is 0. The van der Waals surface area contributed by atoms with E-state index in [9.17, 15) is 0 Å². The van der Waals surface area contributed by atoms with E-state index in [-0.39, 0.29) is 0 Å². The summed E-state index contributed by atoms with van der Waals surface area (Å²) in [6, 6.07) is 19.9. The molecular formula is C19H17NO2. The molecule has 3 aromatic rings. The SMILES string of the molecule is COc1cccc(-c2cc(OC)ccc2-c2ccccn2)c1. The molecule has 0 amide bonds. The highest BCUT2D eigenvalue weighted by Crippen LogP contribution is 2.35. The van der Waals surface area contributed by atoms with Gasteiger partial charge in [0, 0.05) is 11.8 Å². The van der Waals surface area contributed by atoms with Gasteiger partial charge in [-0.2, -0.15) is 0 Å². The van der Waals surface area contributed by atoms with E-state index in [1.54, 1.807) is 20.4 Å². The number of rotatable bonds is 4. The van der Waals surface area contributed by atoms with Crippen LogP contribution in [0.15, 0.2) is 66.9 Å². The van der Waals surface area contributed by atoms with Gasteiger partial charge in [0.05, 0.1) is 19.9 Å². The van der Waals surface area contributed by atoms with Crippen LogP contribution in [-0.2, 0) is 0 Å². The predicted octanol–water partition coefficient (Wildman–Crippen LogP) is 4.43. The Kier molecular flexibility index (Phi) is 4.05. The zero-order valence-corrected chi connectivity index (χ0v) is 12.6. The molecule has 3 nitrogen and oxygen atoms in total. The van der Waals surface area contributed by atoms with Crippen LogP contribution in [0.4, 0.5) is 0 Å². The molecule has 0 unspecified atom stereocenters. The van der Waals surface area contributed by atoms with Crippen molar-refractivity contribution in [2.24, 2.45) is 0 Å². The second kappa shape index (κ2) is 6.31. The van der Waals surface area contributed by atoms with Gasteiger partial charge in [-0.05, 0) is 53.6 Å². The Balaban J connectivity index is 2.19. The van der Waals surface area contributed by atoms with Crippen molar-refractivity contribution in [2.45, 2.75) is 0 Å². The van der Waals surface area contributed by atoms with E-state index in [0.29, 0.717) is 0 Å². The molecule has 0 aliphatic rings. The van der Waals surface area contributed by atoms with E-state index < -0.39 is 0 Å². The molecule has 0 saturated carbocycles. The summed E-state index contributed by atoms with van der Waals surface area (Å²) in [5.41, 5.74) is 4.13. The maximum Gasteiger partial charge on any atom is 0.119 e. The van der Waals surface area contributed by atoms with Crippen molar-refractivity contribution in [3.05, 3.63) is 66.9 Å². The quantitative estimate of drug-likeness (QED) is 0.712. The number of pyridine rings is 1. The van der Waals surface area contributed by atoms with Gasteiger partial charge >= 0.3 is 0 Å². The van der Waals surface area contributed by atoms with E-state index in [1.807, 2.05) is 54.6 Å². The molecule has 0 bridgehead atoms. The summed E-state index contributed by atoms with van der Waals surface area (Å²) in [4.78, 5) is 4.46. The lowest BCUT2D eigenvalue weighted by Gasteiger charge is -2.12. The first-order chi connectivity index (χ1) is 10.8. The molecule has 0 aliphatic carbocycles. The molecule has 0 aliphatic heterocycles. The zero-order chi connectivity index (χ0) is 15.4. The van der Waals surface area contributed by atoms with Gasteiger partial charge in [-0.15, -0.1) is 0 Å². The third kappa shape index (κ3) is 2.79. The van der Waals surface area contributed by atoms with E-state index in [4.69, 9.17) is 9.47 Å². The normalized spacial score (nSPS) is 10.3. The van der Waals surface area contributed by atoms with Gasteiger partial charge in [0.25, 0.3) is 0 Å². The van der Waals surface area contributed by atoms with Crippen LogP contribution >= 0.6 is 0 Å². The van der Waals surface area contributed by atoms with Crippen LogP contribution in [0, 0.1) is 0 Å². The maximum atomic E-state index is 5.37. The fourth-order valence-corrected chi connectivity index (χ4v) is 2.43. The molecule has 0 saturated heterocycles. The van der Waals surface area contributed by atoms with Gasteiger partial charge in [-0.25, -0.2) is 0 Å². The third-order valence-electron chi connectivity index (χ3n) is 3.55. The number of benzene rings is 2. The average molecular weight is 291 g/mol. The van der Waals surface area contributed by atoms with Crippen LogP contribution < -0.4 is 9.47 Å². The van der Waals surface area contributed by atoms with Crippen molar-refractivity contribution >= 4 is 0 Å². The van der Waals surface area contributed by atoms with Crippen molar-refractivity contribution < 1.29 is 9.47 Å². The molecule has 22 heavy (non-hydrogen) atoms. The Morgan fingerprint density at radius 3 is 2.27 bits per heavy atom. The zero-order valence-electron chi connectivity index (χ0n) is 12.6. The first kappa shape index (κ1) is 14.1. The first-order valence-corrected chi connectivity index (χ1v) is 7.05. The van der Waals surface area contributed by atoms with Crippen LogP contribution in [0.25, 0.3) is 22.4 Å². The van der Waals surface area contributed by atoms with Gasteiger partial charge in [0.2, 0.25) is 0 Å². The molecule has 0 N–H and O–H groups in total. The number of methoxy groups -OCH3 is 2. The van der Waals surface area contributed by atoms with Gasteiger partial charge in [0.15, 0.2) is 0 Å². The fourth-order valence-electron chi connectivity index (χ4n) is 2.43.